The molecular weight excluding hydrogens is 266 g/mol. The minimum absolute atomic E-state index is 0.728. The third kappa shape index (κ3) is 2.42. The number of halogens is 1. The number of alkyl halides is 1. The second kappa shape index (κ2) is 5.71. The van der Waals surface area contributed by atoms with Gasteiger partial charge in [-0.05, 0) is 32.6 Å². The van der Waals surface area contributed by atoms with Crippen LogP contribution in [0.2, 0.25) is 0 Å². The Bertz CT molecular complexity index is 320. The molecular formula is C12H20BrN3. The monoisotopic (exact) mass is 285 g/mol. The Kier molecular flexibility index (Phi) is 4.27. The standard InChI is InChI=1S/C12H20BrN3/c1-2-15-10-8-14-12(15)16(9-4-7-13)11-5-3-6-11/h8,10-11H,2-7,9H2,1H3. The maximum Gasteiger partial charge on any atom is 0.205 e. The van der Waals surface area contributed by atoms with Gasteiger partial charge in [-0.25, -0.2) is 4.98 Å². The van der Waals surface area contributed by atoms with Gasteiger partial charge in [0.15, 0.2) is 0 Å². The minimum Gasteiger partial charge on any atom is -0.339 e. The van der Waals surface area contributed by atoms with Gasteiger partial charge in [0, 0.05) is 36.9 Å². The second-order valence-corrected chi connectivity index (χ2v) is 5.13. The number of aryl methyl sites for hydroxylation is 1. The average Bonchev–Trinajstić information content (AvgIpc) is 2.69. The predicted octanol–water partition coefficient (Wildman–Crippen LogP) is 3.05. The van der Waals surface area contributed by atoms with Gasteiger partial charge in [-0.2, -0.15) is 0 Å². The van der Waals surface area contributed by atoms with E-state index in [1.165, 1.54) is 25.7 Å². The number of rotatable bonds is 6. The molecule has 2 rings (SSSR count). The van der Waals surface area contributed by atoms with Crippen molar-refractivity contribution in [3.05, 3.63) is 12.4 Å². The van der Waals surface area contributed by atoms with Crippen LogP contribution in [0.1, 0.15) is 32.6 Å². The lowest BCUT2D eigenvalue weighted by Gasteiger charge is -2.38. The Morgan fingerprint density at radius 3 is 2.94 bits per heavy atom. The van der Waals surface area contributed by atoms with Gasteiger partial charge in [-0.3, -0.25) is 0 Å². The summed E-state index contributed by atoms with van der Waals surface area (Å²) in [5.41, 5.74) is 0. The number of aromatic nitrogens is 2. The number of hydrogen-bond donors (Lipinski definition) is 0. The first kappa shape index (κ1) is 12.0. The van der Waals surface area contributed by atoms with Crippen LogP contribution in [-0.4, -0.2) is 27.5 Å². The molecule has 3 nitrogen and oxygen atoms in total. The van der Waals surface area contributed by atoms with E-state index in [4.69, 9.17) is 0 Å². The van der Waals surface area contributed by atoms with E-state index < -0.39 is 0 Å². The molecule has 1 aliphatic rings. The van der Waals surface area contributed by atoms with Crippen molar-refractivity contribution < 1.29 is 0 Å². The second-order valence-electron chi connectivity index (χ2n) is 4.33. The summed E-state index contributed by atoms with van der Waals surface area (Å²) in [5, 5.41) is 1.07. The molecule has 0 bridgehead atoms. The van der Waals surface area contributed by atoms with Crippen LogP contribution < -0.4 is 4.90 Å². The predicted molar refractivity (Wildman–Crippen MR) is 71.3 cm³/mol. The molecule has 1 aliphatic carbocycles. The van der Waals surface area contributed by atoms with Crippen LogP contribution in [-0.2, 0) is 6.54 Å². The molecule has 90 valence electrons. The summed E-state index contributed by atoms with van der Waals surface area (Å²) in [4.78, 5) is 7.01. The summed E-state index contributed by atoms with van der Waals surface area (Å²) in [6.07, 6.45) is 9.22. The molecule has 0 saturated heterocycles. The van der Waals surface area contributed by atoms with Gasteiger partial charge in [0.2, 0.25) is 5.95 Å². The van der Waals surface area contributed by atoms with Crippen molar-refractivity contribution in [2.24, 2.45) is 0 Å². The number of anilines is 1. The van der Waals surface area contributed by atoms with Crippen molar-refractivity contribution in [1.29, 1.82) is 0 Å². The first-order valence-electron chi connectivity index (χ1n) is 6.20. The van der Waals surface area contributed by atoms with Gasteiger partial charge in [0.25, 0.3) is 0 Å². The molecule has 16 heavy (non-hydrogen) atoms. The van der Waals surface area contributed by atoms with E-state index in [1.807, 2.05) is 6.20 Å². The Labute approximate surface area is 106 Å². The van der Waals surface area contributed by atoms with Crippen molar-refractivity contribution in [2.45, 2.75) is 45.2 Å². The molecule has 1 aromatic rings. The van der Waals surface area contributed by atoms with E-state index in [1.54, 1.807) is 0 Å². The quantitative estimate of drug-likeness (QED) is 0.749. The highest BCUT2D eigenvalue weighted by atomic mass is 79.9. The molecule has 0 N–H and O–H groups in total. The zero-order valence-electron chi connectivity index (χ0n) is 9.90. The zero-order valence-corrected chi connectivity index (χ0v) is 11.5. The fourth-order valence-electron chi connectivity index (χ4n) is 2.18. The van der Waals surface area contributed by atoms with Gasteiger partial charge in [0.1, 0.15) is 0 Å². The molecule has 1 aromatic heterocycles. The Hall–Kier alpha value is -0.510. The average molecular weight is 286 g/mol. The summed E-state index contributed by atoms with van der Waals surface area (Å²) in [5.74, 6) is 1.16. The first-order valence-corrected chi connectivity index (χ1v) is 7.32. The minimum atomic E-state index is 0.728. The van der Waals surface area contributed by atoms with E-state index >= 15 is 0 Å². The summed E-state index contributed by atoms with van der Waals surface area (Å²) < 4.78 is 2.24. The van der Waals surface area contributed by atoms with Crippen LogP contribution >= 0.6 is 15.9 Å². The third-order valence-corrected chi connectivity index (χ3v) is 3.90. The fourth-order valence-corrected chi connectivity index (χ4v) is 2.43. The number of imidazole rings is 1. The summed E-state index contributed by atoms with van der Waals surface area (Å²) >= 11 is 3.51. The third-order valence-electron chi connectivity index (χ3n) is 3.34. The normalized spacial score (nSPS) is 16.1. The van der Waals surface area contributed by atoms with Crippen LogP contribution in [0.3, 0.4) is 0 Å². The molecule has 0 unspecified atom stereocenters. The summed E-state index contributed by atoms with van der Waals surface area (Å²) in [6, 6.07) is 0.728. The molecule has 4 heteroatoms. The molecule has 0 atom stereocenters. The summed E-state index contributed by atoms with van der Waals surface area (Å²) in [6.45, 7) is 4.30. The molecule has 0 amide bonds. The molecule has 0 spiro atoms. The number of nitrogens with zero attached hydrogens (tertiary/aromatic N) is 3. The van der Waals surface area contributed by atoms with Crippen molar-refractivity contribution in [3.63, 3.8) is 0 Å². The van der Waals surface area contributed by atoms with E-state index in [0.29, 0.717) is 0 Å². The summed E-state index contributed by atoms with van der Waals surface area (Å²) in [7, 11) is 0. The van der Waals surface area contributed by atoms with Crippen LogP contribution in [0.25, 0.3) is 0 Å². The maximum absolute atomic E-state index is 4.52. The lowest BCUT2D eigenvalue weighted by molar-refractivity contribution is 0.378. The van der Waals surface area contributed by atoms with Gasteiger partial charge >= 0.3 is 0 Å². The van der Waals surface area contributed by atoms with Crippen molar-refractivity contribution in [3.8, 4) is 0 Å². The molecule has 1 saturated carbocycles. The topological polar surface area (TPSA) is 21.1 Å². The van der Waals surface area contributed by atoms with Gasteiger partial charge in [0.05, 0.1) is 0 Å². The highest BCUT2D eigenvalue weighted by Gasteiger charge is 2.27. The SMILES string of the molecule is CCn1ccnc1N(CCCBr)C1CCC1. The molecule has 0 radical (unpaired) electrons. The molecule has 0 aromatic carbocycles. The van der Waals surface area contributed by atoms with Crippen LogP contribution in [0.15, 0.2) is 12.4 Å². The molecule has 0 aliphatic heterocycles. The van der Waals surface area contributed by atoms with Crippen LogP contribution in [0.5, 0.6) is 0 Å². The van der Waals surface area contributed by atoms with Crippen molar-refractivity contribution >= 4 is 21.9 Å². The fraction of sp³-hybridized carbons (Fsp3) is 0.750. The largest absolute Gasteiger partial charge is 0.339 e. The Balaban J connectivity index is 2.10. The highest BCUT2D eigenvalue weighted by Crippen LogP contribution is 2.28. The van der Waals surface area contributed by atoms with Crippen LogP contribution in [0, 0.1) is 0 Å². The lowest BCUT2D eigenvalue weighted by Crippen LogP contribution is -2.42. The molecule has 1 heterocycles. The van der Waals surface area contributed by atoms with E-state index in [9.17, 15) is 0 Å². The first-order chi connectivity index (χ1) is 7.86. The van der Waals surface area contributed by atoms with Crippen molar-refractivity contribution in [1.82, 2.24) is 9.55 Å². The van der Waals surface area contributed by atoms with Gasteiger partial charge < -0.3 is 9.47 Å². The highest BCUT2D eigenvalue weighted by molar-refractivity contribution is 9.09. The Morgan fingerprint density at radius 1 is 1.56 bits per heavy atom. The van der Waals surface area contributed by atoms with Gasteiger partial charge in [-0.1, -0.05) is 15.9 Å². The van der Waals surface area contributed by atoms with E-state index in [0.717, 1.165) is 30.4 Å². The van der Waals surface area contributed by atoms with Crippen molar-refractivity contribution in [2.75, 3.05) is 16.8 Å². The van der Waals surface area contributed by atoms with Gasteiger partial charge in [-0.15, -0.1) is 0 Å². The van der Waals surface area contributed by atoms with E-state index in [2.05, 4.69) is 43.5 Å². The maximum atomic E-state index is 4.52. The zero-order chi connectivity index (χ0) is 11.4. The molecule has 1 fully saturated rings. The van der Waals surface area contributed by atoms with E-state index in [-0.39, 0.29) is 0 Å². The smallest absolute Gasteiger partial charge is 0.205 e. The lowest BCUT2D eigenvalue weighted by atomic mass is 9.91. The van der Waals surface area contributed by atoms with Crippen LogP contribution in [0.4, 0.5) is 5.95 Å². The number of hydrogen-bond acceptors (Lipinski definition) is 2. The Morgan fingerprint density at radius 2 is 2.38 bits per heavy atom.